The van der Waals surface area contributed by atoms with Crippen molar-refractivity contribution in [2.24, 2.45) is 0 Å². The lowest BCUT2D eigenvalue weighted by Crippen LogP contribution is -2.40. The topological polar surface area (TPSA) is 143 Å². The van der Waals surface area contributed by atoms with Crippen LogP contribution < -0.4 is 5.32 Å². The SMILES string of the molecule is COC(=O)C1SCCN1C(=O)c1cc(C(=O)N[C@H]2CCc3c2ccc(C(=O)O)c3C)n2nccc2n1. The van der Waals surface area contributed by atoms with Crippen molar-refractivity contribution >= 4 is 41.2 Å². The Balaban J connectivity index is 1.44. The van der Waals surface area contributed by atoms with Crippen LogP contribution in [0.1, 0.15) is 60.5 Å². The Morgan fingerprint density at radius 1 is 1.22 bits per heavy atom. The van der Waals surface area contributed by atoms with Crippen LogP contribution in [-0.4, -0.2) is 73.1 Å². The molecule has 0 saturated carbocycles. The number of esters is 1. The van der Waals surface area contributed by atoms with E-state index in [0.717, 1.165) is 11.1 Å². The predicted octanol–water partition coefficient (Wildman–Crippen LogP) is 1.84. The van der Waals surface area contributed by atoms with Crippen LogP contribution in [0.2, 0.25) is 0 Å². The first kappa shape index (κ1) is 23.8. The van der Waals surface area contributed by atoms with Gasteiger partial charge in [-0.15, -0.1) is 11.8 Å². The third-order valence-corrected chi connectivity index (χ3v) is 7.78. The molecule has 2 N–H and O–H groups in total. The molecule has 5 rings (SSSR count). The van der Waals surface area contributed by atoms with Crippen LogP contribution in [0.5, 0.6) is 0 Å². The minimum absolute atomic E-state index is 0.0262. The molecule has 186 valence electrons. The van der Waals surface area contributed by atoms with Crippen molar-refractivity contribution in [1.82, 2.24) is 24.8 Å². The second kappa shape index (κ2) is 9.26. The number of ether oxygens (including phenoxy) is 1. The molecule has 1 saturated heterocycles. The predicted molar refractivity (Wildman–Crippen MR) is 129 cm³/mol. The number of hydrogen-bond acceptors (Lipinski definition) is 8. The average Bonchev–Trinajstić information content (AvgIpc) is 3.62. The van der Waals surface area contributed by atoms with Crippen LogP contribution in [0.4, 0.5) is 0 Å². The number of rotatable bonds is 5. The van der Waals surface area contributed by atoms with Crippen LogP contribution in [-0.2, 0) is 16.0 Å². The van der Waals surface area contributed by atoms with Gasteiger partial charge in [0.05, 0.1) is 24.9 Å². The van der Waals surface area contributed by atoms with E-state index >= 15 is 0 Å². The Bertz CT molecular complexity index is 1420. The smallest absolute Gasteiger partial charge is 0.339 e. The van der Waals surface area contributed by atoms with Gasteiger partial charge in [-0.1, -0.05) is 6.07 Å². The molecular formula is C24H23N5O6S. The molecule has 1 aromatic carbocycles. The number of carboxylic acids is 1. The Morgan fingerprint density at radius 3 is 2.78 bits per heavy atom. The summed E-state index contributed by atoms with van der Waals surface area (Å²) in [6.07, 6.45) is 2.75. The highest BCUT2D eigenvalue weighted by atomic mass is 32.2. The molecular weight excluding hydrogens is 486 g/mol. The summed E-state index contributed by atoms with van der Waals surface area (Å²) in [5, 5.41) is 15.8. The number of thioether (sulfide) groups is 1. The van der Waals surface area contributed by atoms with Crippen molar-refractivity contribution in [3.8, 4) is 0 Å². The first-order valence-corrected chi connectivity index (χ1v) is 12.4. The van der Waals surface area contributed by atoms with E-state index in [4.69, 9.17) is 4.74 Å². The normalized spacial score (nSPS) is 18.8. The Kier molecular flexibility index (Phi) is 6.12. The Labute approximate surface area is 209 Å². The van der Waals surface area contributed by atoms with Gasteiger partial charge in [0.25, 0.3) is 11.8 Å². The summed E-state index contributed by atoms with van der Waals surface area (Å²) >= 11 is 1.31. The first-order valence-electron chi connectivity index (χ1n) is 11.3. The summed E-state index contributed by atoms with van der Waals surface area (Å²) in [5.74, 6) is -1.84. The lowest BCUT2D eigenvalue weighted by atomic mass is 9.98. The Morgan fingerprint density at radius 2 is 2.03 bits per heavy atom. The van der Waals surface area contributed by atoms with Gasteiger partial charge >= 0.3 is 11.9 Å². The molecule has 11 nitrogen and oxygen atoms in total. The molecule has 1 aliphatic carbocycles. The van der Waals surface area contributed by atoms with Gasteiger partial charge in [0.2, 0.25) is 0 Å². The van der Waals surface area contributed by atoms with Crippen LogP contribution in [0, 0.1) is 6.92 Å². The summed E-state index contributed by atoms with van der Waals surface area (Å²) in [6, 6.07) is 5.95. The van der Waals surface area contributed by atoms with Gasteiger partial charge in [-0.2, -0.15) is 5.10 Å². The fourth-order valence-corrected chi connectivity index (χ4v) is 5.94. The molecule has 2 aliphatic rings. The van der Waals surface area contributed by atoms with Gasteiger partial charge in [-0.05, 0) is 42.5 Å². The summed E-state index contributed by atoms with van der Waals surface area (Å²) in [6.45, 7) is 2.13. The van der Waals surface area contributed by atoms with Crippen molar-refractivity contribution in [1.29, 1.82) is 0 Å². The van der Waals surface area contributed by atoms with E-state index in [1.807, 2.05) is 0 Å². The van der Waals surface area contributed by atoms with E-state index in [2.05, 4.69) is 15.4 Å². The summed E-state index contributed by atoms with van der Waals surface area (Å²) in [7, 11) is 1.27. The largest absolute Gasteiger partial charge is 0.478 e. The highest BCUT2D eigenvalue weighted by molar-refractivity contribution is 8.00. The fourth-order valence-electron chi connectivity index (χ4n) is 4.80. The highest BCUT2D eigenvalue weighted by Crippen LogP contribution is 2.35. The molecule has 1 aliphatic heterocycles. The average molecular weight is 510 g/mol. The molecule has 1 unspecified atom stereocenters. The lowest BCUT2D eigenvalue weighted by Gasteiger charge is -2.21. The molecule has 12 heteroatoms. The Hall–Kier alpha value is -3.93. The summed E-state index contributed by atoms with van der Waals surface area (Å²) in [4.78, 5) is 56.0. The number of fused-ring (bicyclic) bond motifs is 2. The number of nitrogens with zero attached hydrogens (tertiary/aromatic N) is 4. The third kappa shape index (κ3) is 3.96. The van der Waals surface area contributed by atoms with Crippen LogP contribution >= 0.6 is 11.8 Å². The number of carbonyl (C=O) groups is 4. The molecule has 3 aromatic rings. The number of hydrogen-bond donors (Lipinski definition) is 2. The standard InChI is InChI=1S/C24H23N5O6S/c1-12-13-5-6-16(15(13)4-3-14(12)23(32)33)27-20(30)18-11-17(26-19-7-8-25-29(18)19)21(31)28-9-10-36-22(28)24(34)35-2/h3-4,7-8,11,16,22H,5-6,9-10H2,1-2H3,(H,27,30)(H,32,33)/t16-,22?/m0/s1. The molecule has 2 atom stereocenters. The number of carbonyl (C=O) groups excluding carboxylic acids is 3. The van der Waals surface area contributed by atoms with Gasteiger partial charge < -0.3 is 20.1 Å². The minimum Gasteiger partial charge on any atom is -0.478 e. The number of benzene rings is 1. The van der Waals surface area contributed by atoms with E-state index in [-0.39, 0.29) is 23.0 Å². The zero-order valence-electron chi connectivity index (χ0n) is 19.6. The second-order valence-corrected chi connectivity index (χ2v) is 9.74. The molecule has 0 bridgehead atoms. The monoisotopic (exact) mass is 509 g/mol. The van der Waals surface area contributed by atoms with Crippen molar-refractivity contribution in [2.45, 2.75) is 31.2 Å². The first-order chi connectivity index (χ1) is 17.3. The van der Waals surface area contributed by atoms with Crippen LogP contribution in [0.15, 0.2) is 30.5 Å². The molecule has 2 aromatic heterocycles. The lowest BCUT2D eigenvalue weighted by molar-refractivity contribution is -0.142. The molecule has 3 heterocycles. The van der Waals surface area contributed by atoms with E-state index in [1.54, 1.807) is 25.1 Å². The van der Waals surface area contributed by atoms with Crippen LogP contribution in [0.25, 0.3) is 5.65 Å². The molecule has 1 fully saturated rings. The number of methoxy groups -OCH3 is 1. The van der Waals surface area contributed by atoms with E-state index in [0.29, 0.717) is 36.3 Å². The van der Waals surface area contributed by atoms with Crippen molar-refractivity contribution in [3.63, 3.8) is 0 Å². The fraction of sp³-hybridized carbons (Fsp3) is 0.333. The maximum absolute atomic E-state index is 13.4. The zero-order valence-corrected chi connectivity index (χ0v) is 20.4. The maximum atomic E-state index is 13.4. The van der Waals surface area contributed by atoms with Crippen molar-refractivity contribution in [3.05, 3.63) is 64.1 Å². The van der Waals surface area contributed by atoms with Gasteiger partial charge in [-0.3, -0.25) is 9.59 Å². The second-order valence-electron chi connectivity index (χ2n) is 8.55. The number of carboxylic acid groups (broad SMARTS) is 1. The van der Waals surface area contributed by atoms with E-state index in [1.165, 1.54) is 40.6 Å². The summed E-state index contributed by atoms with van der Waals surface area (Å²) in [5.41, 5.74) is 3.23. The van der Waals surface area contributed by atoms with Crippen molar-refractivity contribution < 1.29 is 29.0 Å². The highest BCUT2D eigenvalue weighted by Gasteiger charge is 2.37. The van der Waals surface area contributed by atoms with E-state index in [9.17, 15) is 24.3 Å². The van der Waals surface area contributed by atoms with Gasteiger partial charge in [-0.25, -0.2) is 19.1 Å². The van der Waals surface area contributed by atoms with Gasteiger partial charge in [0.1, 0.15) is 11.4 Å². The molecule has 0 spiro atoms. The molecule has 2 amide bonds. The minimum atomic E-state index is -0.983. The third-order valence-electron chi connectivity index (χ3n) is 6.59. The number of amides is 2. The van der Waals surface area contributed by atoms with E-state index < -0.39 is 29.1 Å². The zero-order chi connectivity index (χ0) is 25.6. The quantitative estimate of drug-likeness (QED) is 0.493. The summed E-state index contributed by atoms with van der Waals surface area (Å²) < 4.78 is 6.18. The molecule has 36 heavy (non-hydrogen) atoms. The number of aromatic carboxylic acids is 1. The number of nitrogens with one attached hydrogen (secondary N) is 1. The van der Waals surface area contributed by atoms with Gasteiger partial charge in [0.15, 0.2) is 11.0 Å². The maximum Gasteiger partial charge on any atom is 0.339 e. The van der Waals surface area contributed by atoms with Crippen LogP contribution in [0.3, 0.4) is 0 Å². The molecule has 0 radical (unpaired) electrons. The van der Waals surface area contributed by atoms with Crippen molar-refractivity contribution in [2.75, 3.05) is 19.4 Å². The number of aromatic nitrogens is 3. The van der Waals surface area contributed by atoms with Gasteiger partial charge in [0, 0.05) is 24.4 Å².